The van der Waals surface area contributed by atoms with Gasteiger partial charge in [0.1, 0.15) is 0 Å². The second-order valence-electron chi connectivity index (χ2n) is 6.55. The third-order valence-electron chi connectivity index (χ3n) is 4.38. The molecule has 4 rings (SSSR count). The van der Waals surface area contributed by atoms with Gasteiger partial charge in [0, 0.05) is 22.1 Å². The van der Waals surface area contributed by atoms with Crippen LogP contribution in [0.5, 0.6) is 0 Å². The molecule has 0 saturated carbocycles. The molecule has 5 nitrogen and oxygen atoms in total. The van der Waals surface area contributed by atoms with Gasteiger partial charge >= 0.3 is 0 Å². The summed E-state index contributed by atoms with van der Waals surface area (Å²) in [5.74, 6) is 0. The van der Waals surface area contributed by atoms with E-state index < -0.39 is 10.0 Å². The van der Waals surface area contributed by atoms with Crippen molar-refractivity contribution in [1.82, 2.24) is 4.98 Å². The molecule has 4 aromatic rings. The standard InChI is InChI=1S/C21H19N3O2S/c1-14-13-15(24-27(2,25)26)11-12-18(14)23-21-16-7-3-5-9-19(16)22-20-10-6-4-8-17(20)21/h3-13,24H,1-2H3,(H,22,23). The van der Waals surface area contributed by atoms with E-state index in [1.165, 1.54) is 0 Å². The molecule has 0 aliphatic rings. The normalized spacial score (nSPS) is 11.6. The van der Waals surface area contributed by atoms with Crippen molar-refractivity contribution in [3.63, 3.8) is 0 Å². The molecule has 0 spiro atoms. The van der Waals surface area contributed by atoms with Crippen LogP contribution in [0.15, 0.2) is 66.7 Å². The fourth-order valence-electron chi connectivity index (χ4n) is 3.19. The fourth-order valence-corrected chi connectivity index (χ4v) is 3.75. The van der Waals surface area contributed by atoms with Gasteiger partial charge in [-0.25, -0.2) is 13.4 Å². The predicted molar refractivity (Wildman–Crippen MR) is 112 cm³/mol. The Morgan fingerprint density at radius 3 is 2.00 bits per heavy atom. The van der Waals surface area contributed by atoms with Gasteiger partial charge in [-0.15, -0.1) is 0 Å². The first kappa shape index (κ1) is 17.3. The van der Waals surface area contributed by atoms with E-state index in [2.05, 4.69) is 10.0 Å². The van der Waals surface area contributed by atoms with Crippen molar-refractivity contribution in [1.29, 1.82) is 0 Å². The summed E-state index contributed by atoms with van der Waals surface area (Å²) < 4.78 is 25.4. The summed E-state index contributed by atoms with van der Waals surface area (Å²) >= 11 is 0. The summed E-state index contributed by atoms with van der Waals surface area (Å²) in [6.45, 7) is 1.95. The van der Waals surface area contributed by atoms with Crippen molar-refractivity contribution in [2.45, 2.75) is 6.92 Å². The lowest BCUT2D eigenvalue weighted by Crippen LogP contribution is -2.09. The Morgan fingerprint density at radius 1 is 0.852 bits per heavy atom. The molecule has 0 radical (unpaired) electrons. The fraction of sp³-hybridized carbons (Fsp3) is 0.0952. The maximum Gasteiger partial charge on any atom is 0.229 e. The summed E-state index contributed by atoms with van der Waals surface area (Å²) in [6.07, 6.45) is 1.14. The smallest absolute Gasteiger partial charge is 0.229 e. The van der Waals surface area contributed by atoms with Crippen molar-refractivity contribution in [2.75, 3.05) is 16.3 Å². The van der Waals surface area contributed by atoms with Crippen LogP contribution in [0.3, 0.4) is 0 Å². The van der Waals surface area contributed by atoms with Crippen LogP contribution in [-0.4, -0.2) is 19.7 Å². The number of aryl methyl sites for hydroxylation is 1. The number of fused-ring (bicyclic) bond motifs is 2. The van der Waals surface area contributed by atoms with Gasteiger partial charge in [0.05, 0.1) is 23.0 Å². The van der Waals surface area contributed by atoms with Crippen LogP contribution < -0.4 is 10.0 Å². The Balaban J connectivity index is 1.83. The van der Waals surface area contributed by atoms with Gasteiger partial charge in [-0.1, -0.05) is 36.4 Å². The number of aromatic nitrogens is 1. The number of sulfonamides is 1. The number of pyridine rings is 1. The summed E-state index contributed by atoms with van der Waals surface area (Å²) in [4.78, 5) is 4.74. The molecule has 0 saturated heterocycles. The Bertz CT molecular complexity index is 1210. The van der Waals surface area contributed by atoms with Crippen molar-refractivity contribution < 1.29 is 8.42 Å². The number of hydrogen-bond donors (Lipinski definition) is 2. The second kappa shape index (κ2) is 6.55. The Morgan fingerprint density at radius 2 is 1.44 bits per heavy atom. The van der Waals surface area contributed by atoms with Crippen LogP contribution >= 0.6 is 0 Å². The zero-order valence-electron chi connectivity index (χ0n) is 15.0. The monoisotopic (exact) mass is 377 g/mol. The minimum atomic E-state index is -3.30. The number of benzene rings is 3. The van der Waals surface area contributed by atoms with Crippen LogP contribution in [0.4, 0.5) is 17.1 Å². The molecule has 0 aliphatic heterocycles. The lowest BCUT2D eigenvalue weighted by atomic mass is 10.1. The molecule has 0 atom stereocenters. The van der Waals surface area contributed by atoms with E-state index in [1.807, 2.05) is 67.6 Å². The molecule has 136 valence electrons. The highest BCUT2D eigenvalue weighted by molar-refractivity contribution is 7.92. The zero-order valence-corrected chi connectivity index (χ0v) is 15.8. The lowest BCUT2D eigenvalue weighted by molar-refractivity contribution is 0.607. The van der Waals surface area contributed by atoms with Crippen molar-refractivity contribution in [3.05, 3.63) is 72.3 Å². The predicted octanol–water partition coefficient (Wildman–Crippen LogP) is 4.81. The maximum absolute atomic E-state index is 11.4. The van der Waals surface area contributed by atoms with E-state index in [4.69, 9.17) is 4.98 Å². The molecule has 27 heavy (non-hydrogen) atoms. The highest BCUT2D eigenvalue weighted by atomic mass is 32.2. The molecular weight excluding hydrogens is 358 g/mol. The number of para-hydroxylation sites is 2. The van der Waals surface area contributed by atoms with Gasteiger partial charge in [-0.05, 0) is 42.8 Å². The largest absolute Gasteiger partial charge is 0.354 e. The zero-order chi connectivity index (χ0) is 19.0. The molecule has 0 amide bonds. The molecule has 3 aromatic carbocycles. The van der Waals surface area contributed by atoms with Crippen LogP contribution in [0.1, 0.15) is 5.56 Å². The molecule has 0 fully saturated rings. The molecule has 1 aromatic heterocycles. The minimum absolute atomic E-state index is 0.546. The van der Waals surface area contributed by atoms with E-state index in [0.717, 1.165) is 45.0 Å². The second-order valence-corrected chi connectivity index (χ2v) is 8.30. The quantitative estimate of drug-likeness (QED) is 0.501. The molecule has 0 unspecified atom stereocenters. The topological polar surface area (TPSA) is 71.1 Å². The van der Waals surface area contributed by atoms with Gasteiger partial charge in [0.15, 0.2) is 0 Å². The van der Waals surface area contributed by atoms with Crippen LogP contribution in [0.25, 0.3) is 21.8 Å². The Labute approximate surface area is 158 Å². The summed E-state index contributed by atoms with van der Waals surface area (Å²) in [7, 11) is -3.30. The molecule has 6 heteroatoms. The van der Waals surface area contributed by atoms with Gasteiger partial charge in [-0.3, -0.25) is 4.72 Å². The number of hydrogen-bond acceptors (Lipinski definition) is 4. The van der Waals surface area contributed by atoms with E-state index in [1.54, 1.807) is 6.07 Å². The van der Waals surface area contributed by atoms with Crippen LogP contribution in [-0.2, 0) is 10.0 Å². The lowest BCUT2D eigenvalue weighted by Gasteiger charge is -2.16. The minimum Gasteiger partial charge on any atom is -0.354 e. The maximum atomic E-state index is 11.4. The number of rotatable bonds is 4. The van der Waals surface area contributed by atoms with Crippen molar-refractivity contribution in [2.24, 2.45) is 0 Å². The first-order valence-corrected chi connectivity index (χ1v) is 10.4. The third-order valence-corrected chi connectivity index (χ3v) is 4.98. The van der Waals surface area contributed by atoms with E-state index >= 15 is 0 Å². The Kier molecular flexibility index (Phi) is 4.20. The van der Waals surface area contributed by atoms with Crippen molar-refractivity contribution >= 4 is 48.9 Å². The molecule has 0 aliphatic carbocycles. The highest BCUT2D eigenvalue weighted by Crippen LogP contribution is 2.34. The summed E-state index contributed by atoms with van der Waals surface area (Å²) in [5, 5.41) is 5.60. The average molecular weight is 377 g/mol. The average Bonchev–Trinajstić information content (AvgIpc) is 2.62. The molecule has 0 bridgehead atoms. The van der Waals surface area contributed by atoms with E-state index in [0.29, 0.717) is 5.69 Å². The number of nitrogens with zero attached hydrogens (tertiary/aromatic N) is 1. The van der Waals surface area contributed by atoms with Gasteiger partial charge < -0.3 is 5.32 Å². The SMILES string of the molecule is Cc1cc(NS(C)(=O)=O)ccc1Nc1c2ccccc2nc2ccccc12. The third kappa shape index (κ3) is 3.57. The van der Waals surface area contributed by atoms with Gasteiger partial charge in [0.25, 0.3) is 0 Å². The summed E-state index contributed by atoms with van der Waals surface area (Å²) in [5.41, 5.74) is 5.23. The first-order chi connectivity index (χ1) is 12.9. The van der Waals surface area contributed by atoms with E-state index in [9.17, 15) is 8.42 Å². The Hall–Kier alpha value is -3.12. The number of anilines is 3. The van der Waals surface area contributed by atoms with Gasteiger partial charge in [-0.2, -0.15) is 0 Å². The number of nitrogens with one attached hydrogen (secondary N) is 2. The van der Waals surface area contributed by atoms with Crippen LogP contribution in [0, 0.1) is 6.92 Å². The van der Waals surface area contributed by atoms with Gasteiger partial charge in [0.2, 0.25) is 10.0 Å². The summed E-state index contributed by atoms with van der Waals surface area (Å²) in [6, 6.07) is 21.5. The van der Waals surface area contributed by atoms with E-state index in [-0.39, 0.29) is 0 Å². The highest BCUT2D eigenvalue weighted by Gasteiger charge is 2.11. The van der Waals surface area contributed by atoms with Crippen LogP contribution in [0.2, 0.25) is 0 Å². The first-order valence-electron chi connectivity index (χ1n) is 8.54. The molecule has 1 heterocycles. The molecular formula is C21H19N3O2S. The van der Waals surface area contributed by atoms with Crippen molar-refractivity contribution in [3.8, 4) is 0 Å². The molecule has 2 N–H and O–H groups in total.